The molecule has 2 aliphatic heterocycles. The maximum absolute atomic E-state index is 13.1. The van der Waals surface area contributed by atoms with Crippen molar-refractivity contribution in [3.8, 4) is 5.75 Å². The first kappa shape index (κ1) is 12.9. The third-order valence-corrected chi connectivity index (χ3v) is 4.13. The van der Waals surface area contributed by atoms with Crippen LogP contribution in [0.1, 0.15) is 18.4 Å². The Labute approximate surface area is 113 Å². The maximum Gasteiger partial charge on any atom is 0.123 e. The predicted molar refractivity (Wildman–Crippen MR) is 70.8 cm³/mol. The monoisotopic (exact) mass is 265 g/mol. The smallest absolute Gasteiger partial charge is 0.123 e. The largest absolute Gasteiger partial charge is 0.488 e. The van der Waals surface area contributed by atoms with Crippen molar-refractivity contribution in [2.75, 3.05) is 26.2 Å². The van der Waals surface area contributed by atoms with E-state index < -0.39 is 0 Å². The summed E-state index contributed by atoms with van der Waals surface area (Å²) in [6, 6.07) is 4.76. The van der Waals surface area contributed by atoms with Crippen molar-refractivity contribution >= 4 is 0 Å². The molecule has 4 heteroatoms. The van der Waals surface area contributed by atoms with Gasteiger partial charge in [0.25, 0.3) is 0 Å². The average Bonchev–Trinajstić information content (AvgIpc) is 2.96. The van der Waals surface area contributed by atoms with Crippen LogP contribution in [-0.4, -0.2) is 42.4 Å². The molecule has 0 aromatic heterocycles. The number of fused-ring (bicyclic) bond motifs is 1. The maximum atomic E-state index is 13.1. The van der Waals surface area contributed by atoms with Crippen molar-refractivity contribution in [2.24, 2.45) is 5.92 Å². The summed E-state index contributed by atoms with van der Waals surface area (Å²) in [5.41, 5.74) is 0.983. The number of nitrogens with zero attached hydrogens (tertiary/aromatic N) is 1. The van der Waals surface area contributed by atoms with Crippen LogP contribution in [0.4, 0.5) is 4.39 Å². The molecule has 3 rings (SSSR count). The van der Waals surface area contributed by atoms with Gasteiger partial charge < -0.3 is 9.84 Å². The molecule has 0 bridgehead atoms. The van der Waals surface area contributed by atoms with E-state index in [1.165, 1.54) is 6.07 Å². The van der Waals surface area contributed by atoms with Crippen LogP contribution in [0.5, 0.6) is 5.75 Å². The second-order valence-electron chi connectivity index (χ2n) is 5.62. The molecule has 0 aliphatic carbocycles. The summed E-state index contributed by atoms with van der Waals surface area (Å²) in [5.74, 6) is 1.26. The highest BCUT2D eigenvalue weighted by molar-refractivity contribution is 5.37. The average molecular weight is 265 g/mol. The lowest BCUT2D eigenvalue weighted by Gasteiger charge is -2.20. The fourth-order valence-corrected chi connectivity index (χ4v) is 3.18. The van der Waals surface area contributed by atoms with E-state index in [-0.39, 0.29) is 18.5 Å². The molecule has 2 aliphatic rings. The zero-order chi connectivity index (χ0) is 13.2. The summed E-state index contributed by atoms with van der Waals surface area (Å²) in [7, 11) is 0. The summed E-state index contributed by atoms with van der Waals surface area (Å²) < 4.78 is 19.0. The second-order valence-corrected chi connectivity index (χ2v) is 5.62. The molecule has 2 unspecified atom stereocenters. The van der Waals surface area contributed by atoms with Crippen molar-refractivity contribution in [3.63, 3.8) is 0 Å². The van der Waals surface area contributed by atoms with E-state index in [0.717, 1.165) is 50.2 Å². The summed E-state index contributed by atoms with van der Waals surface area (Å²) in [6.45, 7) is 3.31. The highest BCUT2D eigenvalue weighted by Gasteiger charge is 2.29. The van der Waals surface area contributed by atoms with E-state index in [9.17, 15) is 4.39 Å². The second kappa shape index (κ2) is 5.47. The number of rotatable bonds is 4. The van der Waals surface area contributed by atoms with Crippen molar-refractivity contribution < 1.29 is 14.2 Å². The first-order valence-corrected chi connectivity index (χ1v) is 7.03. The Morgan fingerprint density at radius 1 is 1.42 bits per heavy atom. The van der Waals surface area contributed by atoms with Crippen LogP contribution in [0.15, 0.2) is 18.2 Å². The van der Waals surface area contributed by atoms with Gasteiger partial charge in [-0.15, -0.1) is 0 Å². The Hall–Kier alpha value is -1.13. The zero-order valence-electron chi connectivity index (χ0n) is 11.0. The fourth-order valence-electron chi connectivity index (χ4n) is 3.18. The minimum Gasteiger partial charge on any atom is -0.488 e. The Morgan fingerprint density at radius 2 is 2.32 bits per heavy atom. The molecule has 1 saturated heterocycles. The SMILES string of the molecule is OCCC1CCN(CC2Cc3cc(F)ccc3O2)C1. The number of hydrogen-bond donors (Lipinski definition) is 1. The van der Waals surface area contributed by atoms with E-state index >= 15 is 0 Å². The highest BCUT2D eigenvalue weighted by Crippen LogP contribution is 2.30. The van der Waals surface area contributed by atoms with E-state index in [4.69, 9.17) is 9.84 Å². The Bertz CT molecular complexity index is 452. The Balaban J connectivity index is 1.54. The molecule has 104 valence electrons. The number of aliphatic hydroxyl groups is 1. The number of ether oxygens (including phenoxy) is 1. The van der Waals surface area contributed by atoms with Crippen LogP contribution < -0.4 is 4.74 Å². The van der Waals surface area contributed by atoms with Crippen LogP contribution in [0.2, 0.25) is 0 Å². The van der Waals surface area contributed by atoms with Crippen molar-refractivity contribution in [1.82, 2.24) is 4.90 Å². The third kappa shape index (κ3) is 2.90. The molecule has 1 fully saturated rings. The Morgan fingerprint density at radius 3 is 3.16 bits per heavy atom. The molecule has 1 N–H and O–H groups in total. The molecule has 0 radical (unpaired) electrons. The lowest BCUT2D eigenvalue weighted by atomic mass is 10.1. The van der Waals surface area contributed by atoms with Gasteiger partial charge in [0.1, 0.15) is 17.7 Å². The van der Waals surface area contributed by atoms with Gasteiger partial charge in [0, 0.05) is 31.7 Å². The van der Waals surface area contributed by atoms with Gasteiger partial charge in [-0.3, -0.25) is 4.90 Å². The summed E-state index contributed by atoms with van der Waals surface area (Å²) in [5, 5.41) is 8.96. The highest BCUT2D eigenvalue weighted by atomic mass is 19.1. The standard InChI is InChI=1S/C15H20FNO2/c16-13-1-2-15-12(7-13)8-14(19-15)10-17-5-3-11(9-17)4-6-18/h1-2,7,11,14,18H,3-6,8-10H2. The van der Waals surface area contributed by atoms with Crippen LogP contribution in [0.25, 0.3) is 0 Å². The molecule has 0 amide bonds. The first-order valence-electron chi connectivity index (χ1n) is 7.03. The topological polar surface area (TPSA) is 32.7 Å². The van der Waals surface area contributed by atoms with Gasteiger partial charge in [-0.1, -0.05) is 0 Å². The zero-order valence-corrected chi connectivity index (χ0v) is 11.0. The molecule has 19 heavy (non-hydrogen) atoms. The van der Waals surface area contributed by atoms with E-state index in [1.807, 2.05) is 0 Å². The number of likely N-dealkylation sites (tertiary alicyclic amines) is 1. The normalized spacial score (nSPS) is 26.4. The van der Waals surface area contributed by atoms with Crippen LogP contribution in [0, 0.1) is 11.7 Å². The number of halogens is 1. The summed E-state index contributed by atoms with van der Waals surface area (Å²) in [6.07, 6.45) is 3.00. The van der Waals surface area contributed by atoms with Gasteiger partial charge in [-0.05, 0) is 43.5 Å². The first-order chi connectivity index (χ1) is 9.24. The van der Waals surface area contributed by atoms with E-state index in [2.05, 4.69) is 4.90 Å². The van der Waals surface area contributed by atoms with Crippen molar-refractivity contribution in [3.05, 3.63) is 29.6 Å². The predicted octanol–water partition coefficient (Wildman–Crippen LogP) is 1.83. The van der Waals surface area contributed by atoms with Crippen LogP contribution >= 0.6 is 0 Å². The van der Waals surface area contributed by atoms with Gasteiger partial charge in [-0.2, -0.15) is 0 Å². The molecule has 2 atom stereocenters. The fraction of sp³-hybridized carbons (Fsp3) is 0.600. The van der Waals surface area contributed by atoms with Crippen molar-refractivity contribution in [2.45, 2.75) is 25.4 Å². The minimum absolute atomic E-state index is 0.143. The van der Waals surface area contributed by atoms with Crippen LogP contribution in [0.3, 0.4) is 0 Å². The van der Waals surface area contributed by atoms with E-state index in [0.29, 0.717) is 5.92 Å². The lowest BCUT2D eigenvalue weighted by molar-refractivity contribution is 0.163. The van der Waals surface area contributed by atoms with Crippen LogP contribution in [-0.2, 0) is 6.42 Å². The number of hydrogen-bond acceptors (Lipinski definition) is 3. The van der Waals surface area contributed by atoms with E-state index in [1.54, 1.807) is 12.1 Å². The number of aliphatic hydroxyl groups excluding tert-OH is 1. The quantitative estimate of drug-likeness (QED) is 0.901. The van der Waals surface area contributed by atoms with Gasteiger partial charge in [0.2, 0.25) is 0 Å². The molecule has 2 heterocycles. The van der Waals surface area contributed by atoms with Gasteiger partial charge in [0.15, 0.2) is 0 Å². The molecule has 0 spiro atoms. The molecular formula is C15H20FNO2. The molecule has 0 saturated carbocycles. The van der Waals surface area contributed by atoms with Gasteiger partial charge in [-0.25, -0.2) is 4.39 Å². The minimum atomic E-state index is -0.188. The van der Waals surface area contributed by atoms with Crippen molar-refractivity contribution in [1.29, 1.82) is 0 Å². The van der Waals surface area contributed by atoms with Gasteiger partial charge >= 0.3 is 0 Å². The third-order valence-electron chi connectivity index (χ3n) is 4.13. The lowest BCUT2D eigenvalue weighted by Crippen LogP contribution is -2.33. The summed E-state index contributed by atoms with van der Waals surface area (Å²) in [4.78, 5) is 2.40. The molecule has 1 aromatic carbocycles. The van der Waals surface area contributed by atoms with Gasteiger partial charge in [0.05, 0.1) is 0 Å². The number of benzene rings is 1. The molecular weight excluding hydrogens is 245 g/mol. The molecule has 1 aromatic rings. The molecule has 3 nitrogen and oxygen atoms in total. The summed E-state index contributed by atoms with van der Waals surface area (Å²) >= 11 is 0. The Kier molecular flexibility index (Phi) is 3.71.